The maximum absolute atomic E-state index is 11.7. The first-order chi connectivity index (χ1) is 8.15. The average Bonchev–Trinajstić information content (AvgIpc) is 2.66. The van der Waals surface area contributed by atoms with Crippen LogP contribution in [0.2, 0.25) is 0 Å². The van der Waals surface area contributed by atoms with E-state index in [4.69, 9.17) is 15.2 Å². The van der Waals surface area contributed by atoms with E-state index in [0.717, 1.165) is 18.4 Å². The highest BCUT2D eigenvalue weighted by Crippen LogP contribution is 2.33. The Bertz CT molecular complexity index is 422. The second-order valence-corrected chi connectivity index (χ2v) is 4.15. The first-order valence-corrected chi connectivity index (χ1v) is 5.63. The van der Waals surface area contributed by atoms with Crippen LogP contribution in [-0.4, -0.2) is 36.1 Å². The highest BCUT2D eigenvalue weighted by atomic mass is 16.5. The molecule has 17 heavy (non-hydrogen) atoms. The third kappa shape index (κ3) is 2.12. The standard InChI is InChI=1S/C11H17N3O3/c1-14-10(12)8(7-3-5-17-6-4-7)9(13-14)11(15)16-2/h7H,3-6,12H2,1-2H3. The summed E-state index contributed by atoms with van der Waals surface area (Å²) in [6.45, 7) is 1.39. The maximum Gasteiger partial charge on any atom is 0.358 e. The molecule has 0 bridgehead atoms. The SMILES string of the molecule is COC(=O)c1nn(C)c(N)c1C1CCOCC1. The van der Waals surface area contributed by atoms with Crippen LogP contribution in [0.3, 0.4) is 0 Å². The number of anilines is 1. The lowest BCUT2D eigenvalue weighted by atomic mass is 9.91. The zero-order chi connectivity index (χ0) is 12.4. The first kappa shape index (κ1) is 11.9. The van der Waals surface area contributed by atoms with Gasteiger partial charge in [-0.25, -0.2) is 4.79 Å². The first-order valence-electron chi connectivity index (χ1n) is 5.63. The molecular weight excluding hydrogens is 222 g/mol. The lowest BCUT2D eigenvalue weighted by Gasteiger charge is -2.22. The average molecular weight is 239 g/mol. The van der Waals surface area contributed by atoms with E-state index >= 15 is 0 Å². The van der Waals surface area contributed by atoms with Crippen LogP contribution in [-0.2, 0) is 16.5 Å². The number of nitrogen functional groups attached to an aromatic ring is 1. The van der Waals surface area contributed by atoms with E-state index < -0.39 is 5.97 Å². The summed E-state index contributed by atoms with van der Waals surface area (Å²) in [6, 6.07) is 0. The van der Waals surface area contributed by atoms with Crippen LogP contribution < -0.4 is 5.73 Å². The van der Waals surface area contributed by atoms with Crippen molar-refractivity contribution in [3.05, 3.63) is 11.3 Å². The van der Waals surface area contributed by atoms with E-state index in [0.29, 0.717) is 24.7 Å². The lowest BCUT2D eigenvalue weighted by Crippen LogP contribution is -2.17. The van der Waals surface area contributed by atoms with Gasteiger partial charge in [-0.1, -0.05) is 0 Å². The van der Waals surface area contributed by atoms with Crippen LogP contribution in [0.15, 0.2) is 0 Å². The molecule has 6 nitrogen and oxygen atoms in total. The Balaban J connectivity index is 2.39. The predicted molar refractivity (Wildman–Crippen MR) is 61.8 cm³/mol. The van der Waals surface area contributed by atoms with E-state index in [1.807, 2.05) is 0 Å². The summed E-state index contributed by atoms with van der Waals surface area (Å²) < 4.78 is 11.6. The molecule has 1 aromatic heterocycles. The number of esters is 1. The molecule has 94 valence electrons. The van der Waals surface area contributed by atoms with Crippen molar-refractivity contribution in [3.63, 3.8) is 0 Å². The molecule has 1 aromatic rings. The summed E-state index contributed by atoms with van der Waals surface area (Å²) in [7, 11) is 3.07. The Morgan fingerprint density at radius 3 is 2.76 bits per heavy atom. The molecule has 0 aromatic carbocycles. The van der Waals surface area contributed by atoms with E-state index in [9.17, 15) is 4.79 Å². The Labute approximate surface area is 99.7 Å². The number of rotatable bonds is 2. The number of carbonyl (C=O) groups is 1. The minimum atomic E-state index is -0.432. The topological polar surface area (TPSA) is 79.4 Å². The second kappa shape index (κ2) is 4.75. The largest absolute Gasteiger partial charge is 0.464 e. The molecule has 0 radical (unpaired) electrons. The van der Waals surface area contributed by atoms with E-state index in [2.05, 4.69) is 5.10 Å². The fourth-order valence-corrected chi connectivity index (χ4v) is 2.19. The van der Waals surface area contributed by atoms with Gasteiger partial charge in [-0.3, -0.25) is 4.68 Å². The van der Waals surface area contributed by atoms with Crippen molar-refractivity contribution >= 4 is 11.8 Å². The van der Waals surface area contributed by atoms with Crippen molar-refractivity contribution < 1.29 is 14.3 Å². The molecule has 0 aliphatic carbocycles. The fourth-order valence-electron chi connectivity index (χ4n) is 2.19. The van der Waals surface area contributed by atoms with Crippen molar-refractivity contribution in [2.45, 2.75) is 18.8 Å². The van der Waals surface area contributed by atoms with Crippen LogP contribution in [0.1, 0.15) is 34.8 Å². The highest BCUT2D eigenvalue weighted by molar-refractivity contribution is 5.90. The number of ether oxygens (including phenoxy) is 2. The van der Waals surface area contributed by atoms with Gasteiger partial charge in [-0.15, -0.1) is 0 Å². The molecule has 0 amide bonds. The van der Waals surface area contributed by atoms with Crippen LogP contribution >= 0.6 is 0 Å². The maximum atomic E-state index is 11.7. The van der Waals surface area contributed by atoms with Gasteiger partial charge in [0.25, 0.3) is 0 Å². The van der Waals surface area contributed by atoms with Crippen LogP contribution in [0.4, 0.5) is 5.82 Å². The van der Waals surface area contributed by atoms with Gasteiger partial charge in [-0.05, 0) is 18.8 Å². The zero-order valence-electron chi connectivity index (χ0n) is 10.1. The number of hydrogen-bond donors (Lipinski definition) is 1. The summed E-state index contributed by atoms with van der Waals surface area (Å²) in [5.74, 6) is 0.336. The van der Waals surface area contributed by atoms with Gasteiger partial charge >= 0.3 is 5.97 Å². The van der Waals surface area contributed by atoms with E-state index in [-0.39, 0.29) is 5.92 Å². The molecule has 2 rings (SSSR count). The van der Waals surface area contributed by atoms with Gasteiger partial charge in [0.05, 0.1) is 7.11 Å². The number of aryl methyl sites for hydroxylation is 1. The molecule has 1 fully saturated rings. The van der Waals surface area contributed by atoms with Gasteiger partial charge in [0.1, 0.15) is 5.82 Å². The Morgan fingerprint density at radius 2 is 2.18 bits per heavy atom. The normalized spacial score (nSPS) is 17.1. The van der Waals surface area contributed by atoms with Gasteiger partial charge in [0, 0.05) is 25.8 Å². The van der Waals surface area contributed by atoms with Crippen molar-refractivity contribution in [1.29, 1.82) is 0 Å². The van der Waals surface area contributed by atoms with Crippen molar-refractivity contribution in [3.8, 4) is 0 Å². The third-order valence-electron chi connectivity index (χ3n) is 3.14. The molecule has 1 aliphatic rings. The minimum Gasteiger partial charge on any atom is -0.464 e. The van der Waals surface area contributed by atoms with Crippen molar-refractivity contribution in [2.75, 3.05) is 26.1 Å². The molecule has 0 saturated carbocycles. The Kier molecular flexibility index (Phi) is 3.33. The molecular formula is C11H17N3O3. The number of methoxy groups -OCH3 is 1. The molecule has 1 aliphatic heterocycles. The Morgan fingerprint density at radius 1 is 1.53 bits per heavy atom. The summed E-state index contributed by atoms with van der Waals surface area (Å²) >= 11 is 0. The highest BCUT2D eigenvalue weighted by Gasteiger charge is 2.28. The molecule has 0 spiro atoms. The number of aromatic nitrogens is 2. The number of carbonyl (C=O) groups excluding carboxylic acids is 1. The van der Waals surface area contributed by atoms with Crippen LogP contribution in [0.25, 0.3) is 0 Å². The minimum absolute atomic E-state index is 0.228. The molecule has 2 N–H and O–H groups in total. The fraction of sp³-hybridized carbons (Fsp3) is 0.636. The molecule has 0 atom stereocenters. The summed E-state index contributed by atoms with van der Waals surface area (Å²) in [5, 5.41) is 4.13. The van der Waals surface area contributed by atoms with Gasteiger partial charge in [-0.2, -0.15) is 5.10 Å². The zero-order valence-corrected chi connectivity index (χ0v) is 10.1. The van der Waals surface area contributed by atoms with Crippen LogP contribution in [0.5, 0.6) is 0 Å². The monoisotopic (exact) mass is 239 g/mol. The van der Waals surface area contributed by atoms with E-state index in [1.54, 1.807) is 7.05 Å². The lowest BCUT2D eigenvalue weighted by molar-refractivity contribution is 0.0585. The molecule has 0 unspecified atom stereocenters. The second-order valence-electron chi connectivity index (χ2n) is 4.15. The van der Waals surface area contributed by atoms with Gasteiger partial charge in [0.2, 0.25) is 0 Å². The summed E-state index contributed by atoms with van der Waals surface area (Å²) in [5.41, 5.74) is 7.12. The summed E-state index contributed by atoms with van der Waals surface area (Å²) in [4.78, 5) is 11.7. The quantitative estimate of drug-likeness (QED) is 0.768. The van der Waals surface area contributed by atoms with Crippen molar-refractivity contribution in [2.24, 2.45) is 7.05 Å². The molecule has 6 heteroatoms. The van der Waals surface area contributed by atoms with Crippen LogP contribution in [0, 0.1) is 0 Å². The number of nitrogens with two attached hydrogens (primary N) is 1. The van der Waals surface area contributed by atoms with Crippen molar-refractivity contribution in [1.82, 2.24) is 9.78 Å². The predicted octanol–water partition coefficient (Wildman–Crippen LogP) is 0.683. The molecule has 2 heterocycles. The summed E-state index contributed by atoms with van der Waals surface area (Å²) in [6.07, 6.45) is 1.72. The molecule has 1 saturated heterocycles. The number of nitrogens with zero attached hydrogens (tertiary/aromatic N) is 2. The smallest absolute Gasteiger partial charge is 0.358 e. The Hall–Kier alpha value is -1.56. The number of hydrogen-bond acceptors (Lipinski definition) is 5. The van der Waals surface area contributed by atoms with Gasteiger partial charge in [0.15, 0.2) is 5.69 Å². The van der Waals surface area contributed by atoms with Gasteiger partial charge < -0.3 is 15.2 Å². The third-order valence-corrected chi connectivity index (χ3v) is 3.14. The van der Waals surface area contributed by atoms with E-state index in [1.165, 1.54) is 11.8 Å².